The van der Waals surface area contributed by atoms with E-state index in [0.29, 0.717) is 13.2 Å². The summed E-state index contributed by atoms with van der Waals surface area (Å²) in [6, 6.07) is 6.77. The van der Waals surface area contributed by atoms with Crippen LogP contribution in [0.15, 0.2) is 40.8 Å². The van der Waals surface area contributed by atoms with E-state index in [-0.39, 0.29) is 17.3 Å². The largest absolute Gasteiger partial charge is 0.379 e. The first-order chi connectivity index (χ1) is 23.5. The van der Waals surface area contributed by atoms with Crippen LogP contribution in [-0.4, -0.2) is 57.6 Å². The van der Waals surface area contributed by atoms with Crippen molar-refractivity contribution >= 4 is 21.9 Å². The molecule has 2 aliphatic heterocycles. The SMILES string of the molecule is CCCCCCCCCCCCCCCCCC1OCC(COCCCCCCCCN2C=CSC2OS(=O)(=O)c2ccc(C)cc2)O1. The van der Waals surface area contributed by atoms with E-state index in [1.165, 1.54) is 121 Å². The van der Waals surface area contributed by atoms with Crippen LogP contribution in [-0.2, 0) is 28.5 Å². The average molecular weight is 710 g/mol. The highest BCUT2D eigenvalue weighted by Crippen LogP contribution is 2.30. The highest BCUT2D eigenvalue weighted by molar-refractivity contribution is 8.03. The van der Waals surface area contributed by atoms with E-state index in [4.69, 9.17) is 18.4 Å². The van der Waals surface area contributed by atoms with E-state index in [1.807, 2.05) is 23.4 Å². The maximum Gasteiger partial charge on any atom is 0.299 e. The minimum atomic E-state index is -3.79. The van der Waals surface area contributed by atoms with Gasteiger partial charge in [-0.05, 0) is 50.1 Å². The van der Waals surface area contributed by atoms with E-state index in [0.717, 1.165) is 50.8 Å². The molecule has 3 unspecified atom stereocenters. The fourth-order valence-corrected chi connectivity index (χ4v) is 8.40. The fraction of sp³-hybridized carbons (Fsp3) is 0.795. The fourth-order valence-electron chi connectivity index (χ4n) is 6.31. The number of ether oxygens (including phenoxy) is 3. The summed E-state index contributed by atoms with van der Waals surface area (Å²) in [6.45, 7) is 7.05. The van der Waals surface area contributed by atoms with Crippen molar-refractivity contribution in [2.75, 3.05) is 26.4 Å². The maximum atomic E-state index is 12.7. The first kappa shape index (κ1) is 41.3. The zero-order valence-corrected chi connectivity index (χ0v) is 31.9. The zero-order valence-electron chi connectivity index (χ0n) is 30.3. The van der Waals surface area contributed by atoms with Crippen molar-refractivity contribution in [3.63, 3.8) is 0 Å². The first-order valence-corrected chi connectivity index (χ1v) is 21.8. The Hall–Kier alpha value is -1.10. The molecule has 0 N–H and O–H groups in total. The van der Waals surface area contributed by atoms with Crippen molar-refractivity contribution in [1.29, 1.82) is 0 Å². The number of hydrogen-bond acceptors (Lipinski definition) is 8. The van der Waals surface area contributed by atoms with Crippen LogP contribution >= 0.6 is 11.8 Å². The molecule has 276 valence electrons. The average Bonchev–Trinajstić information content (AvgIpc) is 3.72. The van der Waals surface area contributed by atoms with E-state index < -0.39 is 15.7 Å². The Kier molecular flexibility index (Phi) is 22.2. The number of nitrogens with zero attached hydrogens (tertiary/aromatic N) is 1. The summed E-state index contributed by atoms with van der Waals surface area (Å²) in [5, 5.41) is 1.90. The minimum absolute atomic E-state index is 0.0466. The van der Waals surface area contributed by atoms with Crippen molar-refractivity contribution in [2.24, 2.45) is 0 Å². The third kappa shape index (κ3) is 18.2. The van der Waals surface area contributed by atoms with Gasteiger partial charge in [0.15, 0.2) is 6.29 Å². The second kappa shape index (κ2) is 25.8. The number of thioether (sulfide) groups is 1. The lowest BCUT2D eigenvalue weighted by Crippen LogP contribution is -2.30. The first-order valence-electron chi connectivity index (χ1n) is 19.4. The number of benzene rings is 1. The Bertz CT molecular complexity index is 1070. The molecule has 0 aliphatic carbocycles. The monoisotopic (exact) mass is 709 g/mol. The third-order valence-electron chi connectivity index (χ3n) is 9.35. The van der Waals surface area contributed by atoms with Gasteiger partial charge in [0.2, 0.25) is 5.56 Å². The summed E-state index contributed by atoms with van der Waals surface area (Å²) in [5.74, 6) is 0. The Morgan fingerprint density at radius 1 is 0.771 bits per heavy atom. The van der Waals surface area contributed by atoms with Crippen molar-refractivity contribution in [2.45, 2.75) is 178 Å². The molecular weight excluding hydrogens is 643 g/mol. The molecule has 1 aromatic carbocycles. The van der Waals surface area contributed by atoms with E-state index in [9.17, 15) is 8.42 Å². The predicted octanol–water partition coefficient (Wildman–Crippen LogP) is 10.9. The Balaban J connectivity index is 1.06. The molecule has 0 radical (unpaired) electrons. The van der Waals surface area contributed by atoms with Crippen LogP contribution in [0.1, 0.15) is 154 Å². The van der Waals surface area contributed by atoms with Gasteiger partial charge in [-0.3, -0.25) is 0 Å². The molecule has 0 saturated carbocycles. The molecule has 2 aliphatic rings. The lowest BCUT2D eigenvalue weighted by atomic mass is 10.0. The van der Waals surface area contributed by atoms with Crippen LogP contribution in [0.3, 0.4) is 0 Å². The van der Waals surface area contributed by atoms with Crippen molar-refractivity contribution < 1.29 is 26.8 Å². The van der Waals surface area contributed by atoms with E-state index >= 15 is 0 Å². The molecule has 1 aromatic rings. The summed E-state index contributed by atoms with van der Waals surface area (Å²) in [5.41, 5.74) is 0.481. The number of rotatable bonds is 30. The van der Waals surface area contributed by atoms with Gasteiger partial charge in [0.25, 0.3) is 10.1 Å². The summed E-state index contributed by atoms with van der Waals surface area (Å²) >= 11 is 1.39. The smallest absolute Gasteiger partial charge is 0.299 e. The van der Waals surface area contributed by atoms with Gasteiger partial charge in [0.1, 0.15) is 6.10 Å². The lowest BCUT2D eigenvalue weighted by Gasteiger charge is -2.24. The van der Waals surface area contributed by atoms with Crippen molar-refractivity contribution in [1.82, 2.24) is 4.90 Å². The predicted molar refractivity (Wildman–Crippen MR) is 199 cm³/mol. The standard InChI is InChI=1S/C39H67NO6S2/c1-3-4-5-6-7-8-9-10-11-12-13-14-15-18-21-24-38-44-34-36(45-38)33-43-31-23-20-17-16-19-22-29-40-30-32-47-39(40)46-48(41,42)37-27-25-35(2)26-28-37/h25-28,30,32,36,38-39H,3-24,29,31,33-34H2,1-2H3. The molecule has 7 nitrogen and oxygen atoms in total. The minimum Gasteiger partial charge on any atom is -0.379 e. The summed E-state index contributed by atoms with van der Waals surface area (Å²) < 4.78 is 48.7. The molecule has 3 atom stereocenters. The second-order valence-electron chi connectivity index (χ2n) is 13.8. The topological polar surface area (TPSA) is 74.3 Å². The van der Waals surface area contributed by atoms with Gasteiger partial charge >= 0.3 is 0 Å². The molecule has 2 heterocycles. The van der Waals surface area contributed by atoms with Crippen LogP contribution in [0.2, 0.25) is 0 Å². The zero-order chi connectivity index (χ0) is 34.1. The van der Waals surface area contributed by atoms with Crippen LogP contribution < -0.4 is 0 Å². The quantitative estimate of drug-likeness (QED) is 0.0577. The molecular formula is C39H67NO6S2. The van der Waals surface area contributed by atoms with Crippen molar-refractivity contribution in [3.8, 4) is 0 Å². The summed E-state index contributed by atoms with van der Waals surface area (Å²) in [7, 11) is -3.79. The van der Waals surface area contributed by atoms with Gasteiger partial charge in [-0.25, -0.2) is 4.18 Å². The summed E-state index contributed by atoms with van der Waals surface area (Å²) in [4.78, 5) is 2.17. The van der Waals surface area contributed by atoms with Gasteiger partial charge < -0.3 is 19.1 Å². The van der Waals surface area contributed by atoms with E-state index in [2.05, 4.69) is 6.92 Å². The molecule has 1 saturated heterocycles. The number of hydrogen-bond donors (Lipinski definition) is 0. The Labute approximate surface area is 298 Å². The van der Waals surface area contributed by atoms with Crippen LogP contribution in [0.25, 0.3) is 0 Å². The van der Waals surface area contributed by atoms with Crippen LogP contribution in [0.4, 0.5) is 0 Å². The Morgan fingerprint density at radius 3 is 1.96 bits per heavy atom. The highest BCUT2D eigenvalue weighted by Gasteiger charge is 2.28. The van der Waals surface area contributed by atoms with E-state index in [1.54, 1.807) is 24.3 Å². The maximum absolute atomic E-state index is 12.7. The van der Waals surface area contributed by atoms with Gasteiger partial charge in [0.05, 0.1) is 18.1 Å². The molecule has 0 spiro atoms. The third-order valence-corrected chi connectivity index (χ3v) is 11.6. The number of aryl methyl sites for hydroxylation is 1. The van der Waals surface area contributed by atoms with Gasteiger partial charge in [0, 0.05) is 19.4 Å². The second-order valence-corrected chi connectivity index (χ2v) is 16.3. The lowest BCUT2D eigenvalue weighted by molar-refractivity contribution is -0.0761. The molecule has 9 heteroatoms. The van der Waals surface area contributed by atoms with Gasteiger partial charge in [-0.2, -0.15) is 8.42 Å². The highest BCUT2D eigenvalue weighted by atomic mass is 32.2. The Morgan fingerprint density at radius 2 is 1.33 bits per heavy atom. The molecule has 3 rings (SSSR count). The summed E-state index contributed by atoms with van der Waals surface area (Å²) in [6.07, 6.45) is 30.4. The molecule has 1 fully saturated rings. The van der Waals surface area contributed by atoms with Gasteiger partial charge in [-0.1, -0.05) is 152 Å². The van der Waals surface area contributed by atoms with Crippen LogP contribution in [0, 0.1) is 6.92 Å². The molecule has 0 aromatic heterocycles. The van der Waals surface area contributed by atoms with Crippen molar-refractivity contribution in [3.05, 3.63) is 41.4 Å². The molecule has 48 heavy (non-hydrogen) atoms. The number of unbranched alkanes of at least 4 members (excludes halogenated alkanes) is 19. The molecule has 0 bridgehead atoms. The normalized spacial score (nSPS) is 19.5. The molecule has 0 amide bonds. The van der Waals surface area contributed by atoms with Gasteiger partial charge in [-0.15, -0.1) is 0 Å². The van der Waals surface area contributed by atoms with Crippen LogP contribution in [0.5, 0.6) is 0 Å².